The Morgan fingerprint density at radius 3 is 2.75 bits per heavy atom. The summed E-state index contributed by atoms with van der Waals surface area (Å²) >= 11 is 0. The molecule has 1 saturated carbocycles. The summed E-state index contributed by atoms with van der Waals surface area (Å²) in [6.45, 7) is 8.50. The molecule has 2 rings (SSSR count). The predicted molar refractivity (Wildman–Crippen MR) is 67.1 cm³/mol. The fraction of sp³-hybridized carbons (Fsp3) is 0.667. The van der Waals surface area contributed by atoms with Gasteiger partial charge in [0.1, 0.15) is 6.29 Å². The van der Waals surface area contributed by atoms with E-state index >= 15 is 0 Å². The Labute approximate surface area is 98.6 Å². The van der Waals surface area contributed by atoms with Crippen LogP contribution in [0.3, 0.4) is 0 Å². The molecule has 0 spiro atoms. The van der Waals surface area contributed by atoms with Gasteiger partial charge in [-0.3, -0.25) is 0 Å². The number of fused-ring (bicyclic) bond motifs is 1. The standard InChI is InChI=1S/C15H22O/c1-10(2)12-5-4-11(3)14-7-6-13(9-16)15(14)8-12/h9,12-13,15H,1,4-8H2,2-3H3/t12-,13-,15+/m1/s1. The summed E-state index contributed by atoms with van der Waals surface area (Å²) in [5.74, 6) is 1.43. The van der Waals surface area contributed by atoms with Crippen molar-refractivity contribution in [1.29, 1.82) is 0 Å². The van der Waals surface area contributed by atoms with Gasteiger partial charge in [-0.25, -0.2) is 0 Å². The van der Waals surface area contributed by atoms with Gasteiger partial charge in [-0.15, -0.1) is 0 Å². The highest BCUT2D eigenvalue weighted by Crippen LogP contribution is 2.46. The molecule has 2 aliphatic carbocycles. The molecule has 0 aromatic carbocycles. The van der Waals surface area contributed by atoms with Crippen LogP contribution in [0.5, 0.6) is 0 Å². The van der Waals surface area contributed by atoms with E-state index in [2.05, 4.69) is 20.4 Å². The molecule has 0 aromatic heterocycles. The van der Waals surface area contributed by atoms with Gasteiger partial charge < -0.3 is 4.79 Å². The van der Waals surface area contributed by atoms with E-state index in [0.29, 0.717) is 11.8 Å². The first-order chi connectivity index (χ1) is 7.63. The van der Waals surface area contributed by atoms with E-state index in [9.17, 15) is 4.79 Å². The molecule has 16 heavy (non-hydrogen) atoms. The Bertz CT molecular complexity index is 337. The van der Waals surface area contributed by atoms with E-state index in [1.54, 1.807) is 11.1 Å². The minimum atomic E-state index is 0.282. The molecule has 2 aliphatic rings. The SMILES string of the molecule is C=C(C)[C@@H]1CCC(C)=C2CC[C@H](C=O)[C@@H]2C1. The zero-order valence-electron chi connectivity index (χ0n) is 10.5. The Kier molecular flexibility index (Phi) is 3.32. The molecular weight excluding hydrogens is 196 g/mol. The van der Waals surface area contributed by atoms with Crippen LogP contribution in [-0.4, -0.2) is 6.29 Å². The van der Waals surface area contributed by atoms with Gasteiger partial charge in [0.05, 0.1) is 0 Å². The minimum Gasteiger partial charge on any atom is -0.303 e. The van der Waals surface area contributed by atoms with Gasteiger partial charge in [-0.1, -0.05) is 23.3 Å². The van der Waals surface area contributed by atoms with Crippen molar-refractivity contribution < 1.29 is 4.79 Å². The maximum Gasteiger partial charge on any atom is 0.123 e. The van der Waals surface area contributed by atoms with Crippen molar-refractivity contribution in [3.63, 3.8) is 0 Å². The second kappa shape index (κ2) is 4.57. The summed E-state index contributed by atoms with van der Waals surface area (Å²) < 4.78 is 0. The maximum atomic E-state index is 11.1. The summed E-state index contributed by atoms with van der Waals surface area (Å²) in [5.41, 5.74) is 4.45. The summed E-state index contributed by atoms with van der Waals surface area (Å²) in [5, 5.41) is 0. The van der Waals surface area contributed by atoms with Crippen LogP contribution in [-0.2, 0) is 4.79 Å². The quantitative estimate of drug-likeness (QED) is 0.507. The van der Waals surface area contributed by atoms with E-state index in [-0.39, 0.29) is 5.92 Å². The van der Waals surface area contributed by atoms with Crippen LogP contribution in [0.1, 0.15) is 46.0 Å². The van der Waals surface area contributed by atoms with Gasteiger partial charge in [0, 0.05) is 5.92 Å². The second-order valence-electron chi connectivity index (χ2n) is 5.57. The summed E-state index contributed by atoms with van der Waals surface area (Å²) in [4.78, 5) is 11.1. The molecule has 0 aliphatic heterocycles. The molecular formula is C15H22O. The van der Waals surface area contributed by atoms with Crippen LogP contribution in [0.25, 0.3) is 0 Å². The first-order valence-electron chi connectivity index (χ1n) is 6.42. The van der Waals surface area contributed by atoms with Gasteiger partial charge in [-0.2, -0.15) is 0 Å². The van der Waals surface area contributed by atoms with Crippen molar-refractivity contribution in [1.82, 2.24) is 0 Å². The van der Waals surface area contributed by atoms with Crippen molar-refractivity contribution in [2.75, 3.05) is 0 Å². The van der Waals surface area contributed by atoms with E-state index in [0.717, 1.165) is 19.3 Å². The highest BCUT2D eigenvalue weighted by molar-refractivity contribution is 5.57. The first kappa shape index (κ1) is 11.6. The molecule has 0 heterocycles. The van der Waals surface area contributed by atoms with Crippen molar-refractivity contribution in [3.8, 4) is 0 Å². The van der Waals surface area contributed by atoms with Gasteiger partial charge in [0.25, 0.3) is 0 Å². The summed E-state index contributed by atoms with van der Waals surface area (Å²) in [7, 11) is 0. The average molecular weight is 218 g/mol. The van der Waals surface area contributed by atoms with E-state index in [1.165, 1.54) is 24.7 Å². The lowest BCUT2D eigenvalue weighted by molar-refractivity contribution is -0.111. The minimum absolute atomic E-state index is 0.282. The molecule has 0 aromatic rings. The van der Waals surface area contributed by atoms with Crippen molar-refractivity contribution in [2.45, 2.75) is 46.0 Å². The molecule has 0 unspecified atom stereocenters. The molecule has 0 radical (unpaired) electrons. The summed E-state index contributed by atoms with van der Waals surface area (Å²) in [6, 6.07) is 0. The number of carbonyl (C=O) groups is 1. The molecule has 0 N–H and O–H groups in total. The smallest absolute Gasteiger partial charge is 0.123 e. The fourth-order valence-electron chi connectivity index (χ4n) is 3.40. The lowest BCUT2D eigenvalue weighted by atomic mass is 9.83. The lowest BCUT2D eigenvalue weighted by Crippen LogP contribution is -2.14. The van der Waals surface area contributed by atoms with Gasteiger partial charge in [0.15, 0.2) is 0 Å². The van der Waals surface area contributed by atoms with Crippen molar-refractivity contribution >= 4 is 6.29 Å². The molecule has 3 atom stereocenters. The van der Waals surface area contributed by atoms with Crippen molar-refractivity contribution in [3.05, 3.63) is 23.3 Å². The maximum absolute atomic E-state index is 11.1. The van der Waals surface area contributed by atoms with Crippen LogP contribution < -0.4 is 0 Å². The van der Waals surface area contributed by atoms with Gasteiger partial charge in [0.2, 0.25) is 0 Å². The third-order valence-electron chi connectivity index (χ3n) is 4.54. The third-order valence-corrected chi connectivity index (χ3v) is 4.54. The zero-order chi connectivity index (χ0) is 11.7. The summed E-state index contributed by atoms with van der Waals surface area (Å²) in [6.07, 6.45) is 7.01. The van der Waals surface area contributed by atoms with E-state index < -0.39 is 0 Å². The van der Waals surface area contributed by atoms with Crippen LogP contribution in [0.15, 0.2) is 23.3 Å². The second-order valence-corrected chi connectivity index (χ2v) is 5.57. The average Bonchev–Trinajstić information content (AvgIpc) is 2.58. The molecule has 1 fully saturated rings. The van der Waals surface area contributed by atoms with Gasteiger partial charge in [-0.05, 0) is 57.8 Å². The first-order valence-corrected chi connectivity index (χ1v) is 6.42. The molecule has 0 saturated heterocycles. The molecule has 88 valence electrons. The van der Waals surface area contributed by atoms with Crippen LogP contribution in [0.4, 0.5) is 0 Å². The Hall–Kier alpha value is -0.850. The molecule has 0 amide bonds. The number of aldehydes is 1. The third kappa shape index (κ3) is 2.00. The molecule has 1 heteroatoms. The number of allylic oxidation sites excluding steroid dienone is 3. The zero-order valence-corrected chi connectivity index (χ0v) is 10.5. The predicted octanol–water partition coefficient (Wildman–Crippen LogP) is 3.90. The number of hydrogen-bond acceptors (Lipinski definition) is 1. The largest absolute Gasteiger partial charge is 0.303 e. The number of hydrogen-bond donors (Lipinski definition) is 0. The molecule has 0 bridgehead atoms. The van der Waals surface area contributed by atoms with Gasteiger partial charge >= 0.3 is 0 Å². The van der Waals surface area contributed by atoms with Crippen LogP contribution in [0.2, 0.25) is 0 Å². The topological polar surface area (TPSA) is 17.1 Å². The van der Waals surface area contributed by atoms with E-state index in [1.807, 2.05) is 0 Å². The Balaban J connectivity index is 2.24. The number of rotatable bonds is 2. The highest BCUT2D eigenvalue weighted by Gasteiger charge is 2.35. The van der Waals surface area contributed by atoms with E-state index in [4.69, 9.17) is 0 Å². The number of carbonyl (C=O) groups excluding carboxylic acids is 1. The Morgan fingerprint density at radius 2 is 2.12 bits per heavy atom. The fourth-order valence-corrected chi connectivity index (χ4v) is 3.40. The van der Waals surface area contributed by atoms with Crippen LogP contribution >= 0.6 is 0 Å². The van der Waals surface area contributed by atoms with Crippen LogP contribution in [0, 0.1) is 17.8 Å². The molecule has 1 nitrogen and oxygen atoms in total. The van der Waals surface area contributed by atoms with Crippen molar-refractivity contribution in [2.24, 2.45) is 17.8 Å². The normalized spacial score (nSPS) is 34.5. The lowest BCUT2D eigenvalue weighted by Gasteiger charge is -2.21. The Morgan fingerprint density at radius 1 is 1.38 bits per heavy atom. The monoisotopic (exact) mass is 218 g/mol. The highest BCUT2D eigenvalue weighted by atomic mass is 16.1.